The van der Waals surface area contributed by atoms with Gasteiger partial charge in [0.1, 0.15) is 13.2 Å². The van der Waals surface area contributed by atoms with Crippen molar-refractivity contribution in [1.82, 2.24) is 0 Å². The second-order valence-electron chi connectivity index (χ2n) is 16.7. The molecule has 0 saturated carbocycles. The van der Waals surface area contributed by atoms with Gasteiger partial charge in [0.15, 0.2) is 6.10 Å². The zero-order chi connectivity index (χ0) is 42.3. The number of rotatable bonds is 45. The second-order valence-corrected chi connectivity index (χ2v) is 16.7. The van der Waals surface area contributed by atoms with Crippen molar-refractivity contribution in [3.05, 3.63) is 36.5 Å². The van der Waals surface area contributed by atoms with Crippen LogP contribution in [0.5, 0.6) is 0 Å². The van der Waals surface area contributed by atoms with Gasteiger partial charge in [0.2, 0.25) is 0 Å². The molecule has 0 aliphatic heterocycles. The van der Waals surface area contributed by atoms with E-state index in [2.05, 4.69) is 57.2 Å². The van der Waals surface area contributed by atoms with Crippen LogP contribution in [-0.2, 0) is 28.6 Å². The predicted octanol–water partition coefficient (Wildman–Crippen LogP) is 16.1. The zero-order valence-electron chi connectivity index (χ0n) is 38.6. The smallest absolute Gasteiger partial charge is 0.306 e. The Morgan fingerprint density at radius 1 is 0.345 bits per heavy atom. The Labute approximate surface area is 359 Å². The Kier molecular flexibility index (Phi) is 45.4. The monoisotopic (exact) mass is 815 g/mol. The Bertz CT molecular complexity index is 984. The first kappa shape index (κ1) is 55.6. The number of hydrogen-bond donors (Lipinski definition) is 0. The number of esters is 3. The summed E-state index contributed by atoms with van der Waals surface area (Å²) >= 11 is 0. The number of carbonyl (C=O) groups excluding carboxylic acids is 3. The van der Waals surface area contributed by atoms with Crippen molar-refractivity contribution in [2.45, 2.75) is 264 Å². The van der Waals surface area contributed by atoms with Gasteiger partial charge in [-0.3, -0.25) is 14.4 Å². The van der Waals surface area contributed by atoms with Gasteiger partial charge < -0.3 is 14.2 Å². The van der Waals surface area contributed by atoms with E-state index in [0.29, 0.717) is 19.3 Å². The summed E-state index contributed by atoms with van der Waals surface area (Å²) < 4.78 is 16.7. The minimum absolute atomic E-state index is 0.0774. The third-order valence-corrected chi connectivity index (χ3v) is 10.9. The Balaban J connectivity index is 4.31. The van der Waals surface area contributed by atoms with Crippen LogP contribution in [0.4, 0.5) is 0 Å². The molecular weight excluding hydrogens is 721 g/mol. The van der Waals surface area contributed by atoms with Crippen molar-refractivity contribution < 1.29 is 28.6 Å². The summed E-state index contributed by atoms with van der Waals surface area (Å²) in [5.41, 5.74) is 0. The molecule has 6 heteroatoms. The average Bonchev–Trinajstić information content (AvgIpc) is 3.22. The molecule has 0 spiro atoms. The van der Waals surface area contributed by atoms with Crippen molar-refractivity contribution >= 4 is 17.9 Å². The molecule has 1 atom stereocenters. The molecule has 0 aromatic carbocycles. The fourth-order valence-electron chi connectivity index (χ4n) is 7.05. The third-order valence-electron chi connectivity index (χ3n) is 10.9. The highest BCUT2D eigenvalue weighted by Gasteiger charge is 2.19. The van der Waals surface area contributed by atoms with E-state index in [1.165, 1.54) is 135 Å². The topological polar surface area (TPSA) is 78.9 Å². The minimum atomic E-state index is -0.776. The first-order valence-electron chi connectivity index (χ1n) is 25.0. The van der Waals surface area contributed by atoms with E-state index in [4.69, 9.17) is 14.2 Å². The first-order valence-corrected chi connectivity index (χ1v) is 25.0. The minimum Gasteiger partial charge on any atom is -0.462 e. The molecule has 338 valence electrons. The highest BCUT2D eigenvalue weighted by molar-refractivity contribution is 5.71. The van der Waals surface area contributed by atoms with Crippen molar-refractivity contribution in [1.29, 1.82) is 0 Å². The molecule has 0 saturated heterocycles. The summed E-state index contributed by atoms with van der Waals surface area (Å²) in [5.74, 6) is -0.894. The van der Waals surface area contributed by atoms with Crippen LogP contribution >= 0.6 is 0 Å². The molecule has 0 fully saturated rings. The number of allylic oxidation sites excluding steroid dienone is 6. The molecule has 0 radical (unpaired) electrons. The van der Waals surface area contributed by atoms with Crippen LogP contribution in [0.2, 0.25) is 0 Å². The fraction of sp³-hybridized carbons (Fsp3) is 0.827. The lowest BCUT2D eigenvalue weighted by Crippen LogP contribution is -2.30. The normalized spacial score (nSPS) is 12.3. The van der Waals surface area contributed by atoms with E-state index in [0.717, 1.165) is 83.5 Å². The number of ether oxygens (including phenoxy) is 3. The number of unbranched alkanes of at least 4 members (excludes halogenated alkanes) is 28. The molecule has 58 heavy (non-hydrogen) atoms. The summed E-state index contributed by atoms with van der Waals surface area (Å²) in [4.78, 5) is 37.8. The molecule has 0 N–H and O–H groups in total. The largest absolute Gasteiger partial charge is 0.462 e. The highest BCUT2D eigenvalue weighted by Crippen LogP contribution is 2.14. The molecule has 0 rings (SSSR count). The number of hydrogen-bond acceptors (Lipinski definition) is 6. The molecule has 0 amide bonds. The van der Waals surface area contributed by atoms with E-state index < -0.39 is 6.10 Å². The quantitative estimate of drug-likeness (QED) is 0.0264. The van der Waals surface area contributed by atoms with Crippen molar-refractivity contribution in [3.63, 3.8) is 0 Å². The van der Waals surface area contributed by atoms with E-state index >= 15 is 0 Å². The van der Waals surface area contributed by atoms with Gasteiger partial charge in [0.25, 0.3) is 0 Å². The maximum atomic E-state index is 12.7. The second kappa shape index (κ2) is 47.3. The van der Waals surface area contributed by atoms with Crippen molar-refractivity contribution in [3.8, 4) is 0 Å². The summed E-state index contributed by atoms with van der Waals surface area (Å²) in [6.45, 7) is 6.57. The van der Waals surface area contributed by atoms with E-state index in [9.17, 15) is 14.4 Å². The third kappa shape index (κ3) is 44.7. The molecule has 0 aliphatic rings. The molecule has 0 aliphatic carbocycles. The van der Waals surface area contributed by atoms with Gasteiger partial charge in [-0.05, 0) is 77.0 Å². The van der Waals surface area contributed by atoms with Gasteiger partial charge in [-0.2, -0.15) is 0 Å². The van der Waals surface area contributed by atoms with E-state index in [-0.39, 0.29) is 31.1 Å². The van der Waals surface area contributed by atoms with Gasteiger partial charge in [-0.15, -0.1) is 0 Å². The molecule has 0 heterocycles. The molecule has 0 aromatic heterocycles. The lowest BCUT2D eigenvalue weighted by Gasteiger charge is -2.18. The summed E-state index contributed by atoms with van der Waals surface area (Å²) in [7, 11) is 0. The maximum absolute atomic E-state index is 12.7. The van der Waals surface area contributed by atoms with Crippen LogP contribution in [0.3, 0.4) is 0 Å². The van der Waals surface area contributed by atoms with Crippen LogP contribution in [0.15, 0.2) is 36.5 Å². The lowest BCUT2D eigenvalue weighted by atomic mass is 10.1. The predicted molar refractivity (Wildman–Crippen MR) is 247 cm³/mol. The molecule has 1 unspecified atom stereocenters. The van der Waals surface area contributed by atoms with Crippen LogP contribution in [0.25, 0.3) is 0 Å². The number of carbonyl (C=O) groups is 3. The van der Waals surface area contributed by atoms with Crippen LogP contribution in [0.1, 0.15) is 258 Å². The molecule has 0 bridgehead atoms. The summed E-state index contributed by atoms with van der Waals surface area (Å²) in [6, 6.07) is 0. The Hall–Kier alpha value is -2.37. The van der Waals surface area contributed by atoms with Crippen LogP contribution in [0, 0.1) is 0 Å². The fourth-order valence-corrected chi connectivity index (χ4v) is 7.05. The Morgan fingerprint density at radius 2 is 0.621 bits per heavy atom. The highest BCUT2D eigenvalue weighted by atomic mass is 16.6. The van der Waals surface area contributed by atoms with Gasteiger partial charge in [-0.1, -0.05) is 198 Å². The first-order chi connectivity index (χ1) is 28.5. The van der Waals surface area contributed by atoms with Gasteiger partial charge >= 0.3 is 17.9 Å². The maximum Gasteiger partial charge on any atom is 0.306 e. The summed E-state index contributed by atoms with van der Waals surface area (Å²) in [5, 5.41) is 0. The van der Waals surface area contributed by atoms with Gasteiger partial charge in [0, 0.05) is 19.3 Å². The van der Waals surface area contributed by atoms with Gasteiger partial charge in [-0.25, -0.2) is 0 Å². The standard InChI is InChI=1S/C52H94O6/c1-4-7-10-13-16-19-21-23-25-26-28-29-31-33-36-39-42-45-51(54)57-48-49(47-56-50(53)44-41-38-35-18-15-12-9-6-3)58-52(55)46-43-40-37-34-32-30-27-24-22-20-17-14-11-8-5-2/h17,20,23-25,27,49H,4-16,18-19,21-22,26,28-48H2,1-3H3/b20-17-,25-23-,27-24-. The van der Waals surface area contributed by atoms with E-state index in [1.54, 1.807) is 0 Å². The van der Waals surface area contributed by atoms with Crippen molar-refractivity contribution in [2.24, 2.45) is 0 Å². The zero-order valence-corrected chi connectivity index (χ0v) is 38.6. The molecule has 6 nitrogen and oxygen atoms in total. The van der Waals surface area contributed by atoms with Gasteiger partial charge in [0.05, 0.1) is 0 Å². The van der Waals surface area contributed by atoms with E-state index in [1.807, 2.05) is 0 Å². The SMILES string of the molecule is CCCCC/C=C\C/C=C\CCCCCCCC(=O)OC(COC(=O)CCCCCCCCCC)COC(=O)CCCCCCCCC/C=C\CCCCCCCC. The lowest BCUT2D eigenvalue weighted by molar-refractivity contribution is -0.167. The summed E-state index contributed by atoms with van der Waals surface area (Å²) in [6.07, 6.45) is 54.2. The van der Waals surface area contributed by atoms with Crippen LogP contribution < -0.4 is 0 Å². The van der Waals surface area contributed by atoms with Crippen molar-refractivity contribution in [2.75, 3.05) is 13.2 Å². The van der Waals surface area contributed by atoms with Crippen LogP contribution in [-0.4, -0.2) is 37.2 Å². The Morgan fingerprint density at radius 3 is 1.00 bits per heavy atom. The molecule has 0 aromatic rings. The average molecular weight is 815 g/mol. The molecular formula is C52H94O6.